The number of rotatable bonds is 20. The van der Waals surface area contributed by atoms with Gasteiger partial charge in [-0.15, -0.1) is 0 Å². The van der Waals surface area contributed by atoms with E-state index in [-0.39, 0.29) is 19.8 Å². The van der Waals surface area contributed by atoms with Crippen LogP contribution in [0.5, 0.6) is 0 Å². The van der Waals surface area contributed by atoms with Gasteiger partial charge in [0.25, 0.3) is 0 Å². The van der Waals surface area contributed by atoms with Crippen molar-refractivity contribution < 1.29 is 61.5 Å². The zero-order valence-electron chi connectivity index (χ0n) is 27.4. The Hall–Kier alpha value is -2.10. The number of carbonyl (C=O) groups excluding carboxylic acids is 4. The molecule has 1 fully saturated rings. The topological polar surface area (TPSA) is 151 Å². The second-order valence-corrected chi connectivity index (χ2v) is 16.9. The molecule has 0 saturated carbocycles. The molecule has 0 aromatic carbocycles. The molecule has 0 N–H and O–H groups in total. The molecule has 1 aliphatic heterocycles. The van der Waals surface area contributed by atoms with Gasteiger partial charge in [-0.05, 0) is 16.6 Å². The highest BCUT2D eigenvalue weighted by Gasteiger charge is 2.61. The molecule has 0 aromatic heterocycles. The molecular weight excluding hydrogens is 584 g/mol. The lowest BCUT2D eigenvalue weighted by atomic mass is 9.96. The van der Waals surface area contributed by atoms with Gasteiger partial charge in [-0.1, -0.05) is 41.5 Å². The number of esters is 4. The summed E-state index contributed by atoms with van der Waals surface area (Å²) in [4.78, 5) is 47.1. The van der Waals surface area contributed by atoms with Crippen molar-refractivity contribution in [3.8, 4) is 0 Å². The van der Waals surface area contributed by atoms with E-state index >= 15 is 0 Å². The van der Waals surface area contributed by atoms with Crippen molar-refractivity contribution in [3.05, 3.63) is 0 Å². The van der Waals surface area contributed by atoms with Crippen LogP contribution in [0.25, 0.3) is 0 Å². The predicted octanol–water partition coefficient (Wildman–Crippen LogP) is 3.31. The maximum absolute atomic E-state index is 12.0. The van der Waals surface area contributed by atoms with Gasteiger partial charge in [0.15, 0.2) is 20.0 Å². The number of carbonyl (C=O) groups is 4. The minimum Gasteiger partial charge on any atom is -0.463 e. The fourth-order valence-electron chi connectivity index (χ4n) is 5.68. The maximum Gasteiger partial charge on any atom is 0.305 e. The maximum atomic E-state index is 12.0. The van der Waals surface area contributed by atoms with Crippen molar-refractivity contribution in [2.24, 2.45) is 0 Å². The molecule has 13 nitrogen and oxygen atoms in total. The van der Waals surface area contributed by atoms with Crippen molar-refractivity contribution >= 4 is 32.2 Å². The van der Waals surface area contributed by atoms with Crippen molar-refractivity contribution in [2.45, 2.75) is 110 Å². The summed E-state index contributed by atoms with van der Waals surface area (Å²) in [5, 5.41) is 0. The van der Waals surface area contributed by atoms with Gasteiger partial charge < -0.3 is 42.3 Å². The van der Waals surface area contributed by atoms with Crippen LogP contribution in [0.2, 0.25) is 16.6 Å². The van der Waals surface area contributed by atoms with Crippen LogP contribution in [0.4, 0.5) is 0 Å². The van der Waals surface area contributed by atoms with Crippen LogP contribution in [0.3, 0.4) is 0 Å². The third-order valence-electron chi connectivity index (χ3n) is 7.21. The first kappa shape index (κ1) is 38.9. The van der Waals surface area contributed by atoms with E-state index in [1.165, 1.54) is 6.92 Å². The van der Waals surface area contributed by atoms with E-state index in [2.05, 4.69) is 41.5 Å². The van der Waals surface area contributed by atoms with E-state index in [4.69, 9.17) is 42.3 Å². The highest BCUT2D eigenvalue weighted by atomic mass is 28.4. The molecule has 0 aromatic rings. The molecular formula is C29H52O13Si. The van der Waals surface area contributed by atoms with Crippen molar-refractivity contribution in [2.75, 3.05) is 52.9 Å². The molecule has 1 unspecified atom stereocenters. The average molecular weight is 637 g/mol. The minimum absolute atomic E-state index is 0.100. The van der Waals surface area contributed by atoms with Crippen LogP contribution in [-0.2, 0) is 61.5 Å². The summed E-state index contributed by atoms with van der Waals surface area (Å²) >= 11 is 0. The lowest BCUT2D eigenvalue weighted by Gasteiger charge is -2.42. The normalized spacial score (nSPS) is 22.2. The quantitative estimate of drug-likeness (QED) is 0.0832. The monoisotopic (exact) mass is 636 g/mol. The van der Waals surface area contributed by atoms with E-state index in [0.29, 0.717) is 43.1 Å². The molecule has 1 aliphatic rings. The molecule has 0 amide bonds. The third kappa shape index (κ3) is 12.1. The van der Waals surface area contributed by atoms with Crippen LogP contribution < -0.4 is 0 Å². The first-order valence-corrected chi connectivity index (χ1v) is 16.9. The van der Waals surface area contributed by atoms with Gasteiger partial charge in [0.1, 0.15) is 6.61 Å². The second kappa shape index (κ2) is 18.6. The smallest absolute Gasteiger partial charge is 0.305 e. The van der Waals surface area contributed by atoms with Crippen LogP contribution >= 0.6 is 0 Å². The Morgan fingerprint density at radius 2 is 1.09 bits per heavy atom. The first-order valence-electron chi connectivity index (χ1n) is 14.8. The Balaban J connectivity index is 2.67. The van der Waals surface area contributed by atoms with Crippen LogP contribution in [0, 0.1) is 0 Å². The van der Waals surface area contributed by atoms with Crippen molar-refractivity contribution in [1.82, 2.24) is 0 Å². The van der Waals surface area contributed by atoms with Gasteiger partial charge in [-0.2, -0.15) is 0 Å². The van der Waals surface area contributed by atoms with Gasteiger partial charge >= 0.3 is 23.9 Å². The molecule has 4 atom stereocenters. The van der Waals surface area contributed by atoms with E-state index in [1.54, 1.807) is 0 Å². The Kier molecular flexibility index (Phi) is 16.9. The molecule has 1 heterocycles. The summed E-state index contributed by atoms with van der Waals surface area (Å²) < 4.78 is 50.5. The number of hydrogen-bond acceptors (Lipinski definition) is 13. The largest absolute Gasteiger partial charge is 0.463 e. The fourth-order valence-corrected chi connectivity index (χ4v) is 11.1. The van der Waals surface area contributed by atoms with Crippen molar-refractivity contribution in [1.29, 1.82) is 0 Å². The highest BCUT2D eigenvalue weighted by molar-refractivity contribution is 6.77. The Morgan fingerprint density at radius 1 is 0.628 bits per heavy atom. The van der Waals surface area contributed by atoms with Crippen LogP contribution in [0.15, 0.2) is 0 Å². The van der Waals surface area contributed by atoms with Gasteiger partial charge in [0.2, 0.25) is 12.4 Å². The van der Waals surface area contributed by atoms with Gasteiger partial charge in [-0.3, -0.25) is 19.2 Å². The Bertz CT molecular complexity index is 872. The third-order valence-corrected chi connectivity index (χ3v) is 13.3. The zero-order chi connectivity index (χ0) is 32.8. The lowest BCUT2D eigenvalue weighted by molar-refractivity contribution is -0.221. The summed E-state index contributed by atoms with van der Waals surface area (Å²) in [5.74, 6) is -2.81. The summed E-state index contributed by atoms with van der Waals surface area (Å²) in [5.41, 5.74) is -0.129. The molecule has 0 aliphatic carbocycles. The molecule has 0 radical (unpaired) electrons. The van der Waals surface area contributed by atoms with E-state index < -0.39 is 62.9 Å². The van der Waals surface area contributed by atoms with Crippen molar-refractivity contribution in [3.63, 3.8) is 0 Å². The van der Waals surface area contributed by atoms with Gasteiger partial charge in [-0.25, -0.2) is 0 Å². The Morgan fingerprint density at radius 3 is 1.53 bits per heavy atom. The van der Waals surface area contributed by atoms with Gasteiger partial charge in [0.05, 0.1) is 46.2 Å². The SMILES string of the molecule is CC(=O)OC[C@@]1(COCCOCCOCCO[Si](C(C)C)(C(C)C)C(C)C)OC(OC(C)=O)[C@H](OC(C)=O)[C@@H]1OC(C)=O. The summed E-state index contributed by atoms with van der Waals surface area (Å²) in [6, 6.07) is 0. The van der Waals surface area contributed by atoms with E-state index in [0.717, 1.165) is 20.8 Å². The molecule has 0 spiro atoms. The number of ether oxygens (including phenoxy) is 8. The molecule has 250 valence electrons. The standard InChI is InChI=1S/C29H52O13Si/c1-19(2)43(20(3)4,21(5)6)38-16-15-35-12-11-34-13-14-36-17-29(18-37-22(7)30)27(40-24(9)32)26(39-23(8)31)28(42-29)41-25(10)33/h19-21,26-28H,11-18H2,1-10H3/t26-,27+,28?,29-/m1/s1. The molecule has 0 bridgehead atoms. The zero-order valence-corrected chi connectivity index (χ0v) is 28.4. The summed E-state index contributed by atoms with van der Waals surface area (Å²) in [7, 11) is -1.93. The van der Waals surface area contributed by atoms with E-state index in [9.17, 15) is 19.2 Å². The summed E-state index contributed by atoms with van der Waals surface area (Å²) in [6.07, 6.45) is -4.06. The van der Waals surface area contributed by atoms with Crippen LogP contribution in [-0.4, -0.2) is 109 Å². The molecule has 1 saturated heterocycles. The first-order chi connectivity index (χ1) is 20.1. The molecule has 1 rings (SSSR count). The fraction of sp³-hybridized carbons (Fsp3) is 0.862. The highest BCUT2D eigenvalue weighted by Crippen LogP contribution is 2.42. The molecule has 43 heavy (non-hydrogen) atoms. The summed E-state index contributed by atoms with van der Waals surface area (Å²) in [6.45, 7) is 19.4. The minimum atomic E-state index is -1.93. The number of hydrogen-bond donors (Lipinski definition) is 0. The van der Waals surface area contributed by atoms with E-state index in [1.807, 2.05) is 0 Å². The molecule has 14 heteroatoms. The average Bonchev–Trinajstić information content (AvgIpc) is 3.13. The van der Waals surface area contributed by atoms with Crippen LogP contribution in [0.1, 0.15) is 69.2 Å². The second-order valence-electron chi connectivity index (χ2n) is 11.5. The van der Waals surface area contributed by atoms with Gasteiger partial charge in [0, 0.05) is 27.7 Å². The lowest BCUT2D eigenvalue weighted by Crippen LogP contribution is -2.53. The Labute approximate surface area is 256 Å². The predicted molar refractivity (Wildman–Crippen MR) is 157 cm³/mol.